The number of nitrogens with zero attached hydrogens (tertiary/aromatic N) is 3. The molecule has 2 aliphatic rings. The monoisotopic (exact) mass is 277 g/mol. The van der Waals surface area contributed by atoms with Crippen molar-refractivity contribution in [2.24, 2.45) is 13.0 Å². The van der Waals surface area contributed by atoms with Crippen LogP contribution in [-0.2, 0) is 11.8 Å². The smallest absolute Gasteiger partial charge is 0.227 e. The minimum absolute atomic E-state index is 0.0714. The number of anilines is 1. The largest absolute Gasteiger partial charge is 0.317 e. The zero-order valence-electron chi connectivity index (χ0n) is 12.1. The molecule has 1 aromatic rings. The Kier molecular flexibility index (Phi) is 4.00. The van der Waals surface area contributed by atoms with E-state index >= 15 is 0 Å². The second-order valence-electron chi connectivity index (χ2n) is 5.99. The maximum absolute atomic E-state index is 12.0. The Morgan fingerprint density at radius 1 is 1.35 bits per heavy atom. The van der Waals surface area contributed by atoms with E-state index in [0.717, 1.165) is 31.8 Å². The van der Waals surface area contributed by atoms with E-state index in [-0.39, 0.29) is 5.91 Å². The summed E-state index contributed by atoms with van der Waals surface area (Å²) in [7, 11) is 1.84. The van der Waals surface area contributed by atoms with Crippen molar-refractivity contribution in [2.75, 3.05) is 18.4 Å². The lowest BCUT2D eigenvalue weighted by Crippen LogP contribution is -2.27. The molecule has 0 aromatic carbocycles. The van der Waals surface area contributed by atoms with E-state index in [0.29, 0.717) is 24.2 Å². The summed E-state index contributed by atoms with van der Waals surface area (Å²) in [4.78, 5) is 16.5. The normalized spacial score (nSPS) is 20.6. The number of hydrogen-bond donors (Lipinski definition) is 2. The molecule has 2 N–H and O–H groups in total. The van der Waals surface area contributed by atoms with Gasteiger partial charge in [0.1, 0.15) is 0 Å². The lowest BCUT2D eigenvalue weighted by atomic mass is 9.83. The second-order valence-corrected chi connectivity index (χ2v) is 5.99. The fraction of sp³-hybridized carbons (Fsp3) is 0.786. The van der Waals surface area contributed by atoms with Crippen LogP contribution in [0.3, 0.4) is 0 Å². The number of aryl methyl sites for hydroxylation is 1. The van der Waals surface area contributed by atoms with Crippen molar-refractivity contribution in [3.63, 3.8) is 0 Å². The first-order chi connectivity index (χ1) is 9.72. The van der Waals surface area contributed by atoms with Gasteiger partial charge in [0.05, 0.1) is 0 Å². The van der Waals surface area contributed by atoms with Crippen LogP contribution in [0.25, 0.3) is 0 Å². The van der Waals surface area contributed by atoms with Crippen molar-refractivity contribution in [3.05, 3.63) is 5.82 Å². The molecule has 6 heteroatoms. The third-order valence-corrected chi connectivity index (χ3v) is 4.43. The number of amides is 1. The predicted molar refractivity (Wildman–Crippen MR) is 76.4 cm³/mol. The summed E-state index contributed by atoms with van der Waals surface area (Å²) in [5, 5.41) is 10.7. The van der Waals surface area contributed by atoms with E-state index < -0.39 is 0 Å². The molecule has 0 spiro atoms. The molecule has 1 saturated heterocycles. The van der Waals surface area contributed by atoms with Crippen molar-refractivity contribution in [1.29, 1.82) is 0 Å². The van der Waals surface area contributed by atoms with E-state index in [1.807, 2.05) is 7.05 Å². The van der Waals surface area contributed by atoms with Gasteiger partial charge in [0.2, 0.25) is 11.9 Å². The molecule has 3 rings (SSSR count). The maximum Gasteiger partial charge on any atom is 0.227 e. The summed E-state index contributed by atoms with van der Waals surface area (Å²) in [5.41, 5.74) is 0. The summed E-state index contributed by atoms with van der Waals surface area (Å²) in [6.45, 7) is 2.04. The molecule has 1 aromatic heterocycles. The molecule has 110 valence electrons. The molecule has 2 fully saturated rings. The van der Waals surface area contributed by atoms with Crippen molar-refractivity contribution < 1.29 is 4.79 Å². The first kappa shape index (κ1) is 13.5. The van der Waals surface area contributed by atoms with Crippen LogP contribution in [0.4, 0.5) is 5.95 Å². The van der Waals surface area contributed by atoms with Crippen LogP contribution in [0, 0.1) is 5.92 Å². The number of hydrogen-bond acceptors (Lipinski definition) is 4. The Labute approximate surface area is 119 Å². The van der Waals surface area contributed by atoms with Gasteiger partial charge < -0.3 is 5.32 Å². The average molecular weight is 277 g/mol. The number of nitrogens with one attached hydrogen (secondary N) is 2. The zero-order chi connectivity index (χ0) is 13.9. The van der Waals surface area contributed by atoms with Gasteiger partial charge in [0.25, 0.3) is 0 Å². The molecule has 0 unspecified atom stereocenters. The fourth-order valence-corrected chi connectivity index (χ4v) is 2.90. The highest BCUT2D eigenvalue weighted by molar-refractivity contribution is 5.89. The molecule has 1 aliphatic carbocycles. The number of aromatic nitrogens is 3. The minimum atomic E-state index is 0.0714. The summed E-state index contributed by atoms with van der Waals surface area (Å²) >= 11 is 0. The molecule has 1 saturated carbocycles. The number of piperidine rings is 1. The molecule has 20 heavy (non-hydrogen) atoms. The Hall–Kier alpha value is -1.43. The van der Waals surface area contributed by atoms with Crippen LogP contribution >= 0.6 is 0 Å². The Morgan fingerprint density at radius 2 is 2.10 bits per heavy atom. The van der Waals surface area contributed by atoms with Crippen LogP contribution in [0.2, 0.25) is 0 Å². The SMILES string of the molecule is Cn1nc(C2CCNCC2)nc1NC(=O)CC1CCC1. The maximum atomic E-state index is 12.0. The van der Waals surface area contributed by atoms with Gasteiger partial charge in [-0.15, -0.1) is 0 Å². The van der Waals surface area contributed by atoms with Crippen LogP contribution < -0.4 is 10.6 Å². The quantitative estimate of drug-likeness (QED) is 0.873. The highest BCUT2D eigenvalue weighted by Crippen LogP contribution is 2.29. The summed E-state index contributed by atoms with van der Waals surface area (Å²) in [6, 6.07) is 0. The van der Waals surface area contributed by atoms with Crippen molar-refractivity contribution in [1.82, 2.24) is 20.1 Å². The number of carbonyl (C=O) groups excluding carboxylic acids is 1. The molecule has 0 bridgehead atoms. The topological polar surface area (TPSA) is 71.8 Å². The predicted octanol–water partition coefficient (Wildman–Crippen LogP) is 1.41. The van der Waals surface area contributed by atoms with E-state index in [9.17, 15) is 4.79 Å². The second kappa shape index (κ2) is 5.91. The molecule has 1 aliphatic heterocycles. The van der Waals surface area contributed by atoms with Gasteiger partial charge in [-0.2, -0.15) is 10.1 Å². The van der Waals surface area contributed by atoms with E-state index in [4.69, 9.17) is 0 Å². The lowest BCUT2D eigenvalue weighted by molar-refractivity contribution is -0.117. The van der Waals surface area contributed by atoms with Crippen LogP contribution in [0.1, 0.15) is 50.3 Å². The molecule has 1 amide bonds. The summed E-state index contributed by atoms with van der Waals surface area (Å²) < 4.78 is 1.69. The fourth-order valence-electron chi connectivity index (χ4n) is 2.90. The zero-order valence-corrected chi connectivity index (χ0v) is 12.1. The van der Waals surface area contributed by atoms with Gasteiger partial charge in [-0.05, 0) is 44.7 Å². The molecule has 0 atom stereocenters. The number of rotatable bonds is 4. The number of carbonyl (C=O) groups is 1. The first-order valence-corrected chi connectivity index (χ1v) is 7.64. The van der Waals surface area contributed by atoms with Crippen molar-refractivity contribution in [2.45, 2.75) is 44.4 Å². The van der Waals surface area contributed by atoms with Gasteiger partial charge >= 0.3 is 0 Å². The Balaban J connectivity index is 1.60. The minimum Gasteiger partial charge on any atom is -0.317 e. The van der Waals surface area contributed by atoms with Gasteiger partial charge in [-0.25, -0.2) is 4.68 Å². The molecule has 6 nitrogen and oxygen atoms in total. The molecule has 0 radical (unpaired) electrons. The first-order valence-electron chi connectivity index (χ1n) is 7.64. The van der Waals surface area contributed by atoms with Gasteiger partial charge in [-0.3, -0.25) is 10.1 Å². The molecular weight excluding hydrogens is 254 g/mol. The van der Waals surface area contributed by atoms with E-state index in [1.165, 1.54) is 19.3 Å². The van der Waals surface area contributed by atoms with Crippen LogP contribution in [-0.4, -0.2) is 33.8 Å². The van der Waals surface area contributed by atoms with Crippen molar-refractivity contribution >= 4 is 11.9 Å². The van der Waals surface area contributed by atoms with Crippen molar-refractivity contribution in [3.8, 4) is 0 Å². The van der Waals surface area contributed by atoms with Crippen LogP contribution in [0.15, 0.2) is 0 Å². The standard InChI is InChI=1S/C14H23N5O/c1-19-14(16-12(20)9-10-3-2-4-10)17-13(18-19)11-5-7-15-8-6-11/h10-11,15H,2-9H2,1H3,(H,16,17,18,20). The Bertz CT molecular complexity index is 474. The van der Waals surface area contributed by atoms with Gasteiger partial charge in [0.15, 0.2) is 5.82 Å². The summed E-state index contributed by atoms with van der Waals surface area (Å²) in [6.07, 6.45) is 6.40. The van der Waals surface area contributed by atoms with Gasteiger partial charge in [-0.1, -0.05) is 6.42 Å². The Morgan fingerprint density at radius 3 is 2.75 bits per heavy atom. The third kappa shape index (κ3) is 3.00. The lowest BCUT2D eigenvalue weighted by Gasteiger charge is -2.24. The third-order valence-electron chi connectivity index (χ3n) is 4.43. The summed E-state index contributed by atoms with van der Waals surface area (Å²) in [5.74, 6) is 2.52. The molecule has 2 heterocycles. The van der Waals surface area contributed by atoms with E-state index in [1.54, 1.807) is 4.68 Å². The molecular formula is C14H23N5O. The van der Waals surface area contributed by atoms with Crippen LogP contribution in [0.5, 0.6) is 0 Å². The average Bonchev–Trinajstić information content (AvgIpc) is 2.77. The van der Waals surface area contributed by atoms with E-state index in [2.05, 4.69) is 20.7 Å². The van der Waals surface area contributed by atoms with Gasteiger partial charge in [0, 0.05) is 19.4 Å². The highest BCUT2D eigenvalue weighted by Gasteiger charge is 2.23. The highest BCUT2D eigenvalue weighted by atomic mass is 16.1.